The monoisotopic (exact) mass is 699 g/mol. The molecule has 0 aromatic carbocycles. The van der Waals surface area contributed by atoms with Crippen molar-refractivity contribution in [1.82, 2.24) is 19.6 Å². The number of aliphatic hydroxyl groups is 2. The lowest BCUT2D eigenvalue weighted by Gasteiger charge is -2.43. The van der Waals surface area contributed by atoms with Crippen LogP contribution < -0.4 is 0 Å². The fourth-order valence-electron chi connectivity index (χ4n) is 6.72. The molecule has 0 amide bonds. The molecule has 290 valence electrons. The Morgan fingerprint density at radius 3 is 1.47 bits per heavy atom. The van der Waals surface area contributed by atoms with E-state index in [2.05, 4.69) is 103 Å². The SMILES string of the molecule is CCC(C)CC(C)(C(=O)OC(O)CN1CCCN(C)CCN(CC(O)OC(=O)C(C)(CC(C)(C)C)C(C)(C)C)CCCN(C)CC1)C(C)C. The van der Waals surface area contributed by atoms with Crippen molar-refractivity contribution in [3.63, 3.8) is 0 Å². The van der Waals surface area contributed by atoms with Crippen LogP contribution in [0.3, 0.4) is 0 Å². The molecular formula is C39H78N4O6. The van der Waals surface area contributed by atoms with Gasteiger partial charge in [-0.05, 0) is 102 Å². The minimum atomic E-state index is -1.20. The zero-order valence-electron chi connectivity index (χ0n) is 34.2. The molecular weight excluding hydrogens is 620 g/mol. The van der Waals surface area contributed by atoms with Gasteiger partial charge in [-0.3, -0.25) is 19.4 Å². The number of hydrogen-bond acceptors (Lipinski definition) is 10. The van der Waals surface area contributed by atoms with Gasteiger partial charge in [0, 0.05) is 26.2 Å². The molecule has 1 aliphatic rings. The van der Waals surface area contributed by atoms with Gasteiger partial charge in [0.15, 0.2) is 0 Å². The molecule has 1 aliphatic heterocycles. The maximum Gasteiger partial charge on any atom is 0.314 e. The predicted molar refractivity (Wildman–Crippen MR) is 200 cm³/mol. The third kappa shape index (κ3) is 15.9. The van der Waals surface area contributed by atoms with Gasteiger partial charge in [-0.15, -0.1) is 0 Å². The van der Waals surface area contributed by atoms with Gasteiger partial charge in [0.2, 0.25) is 12.6 Å². The van der Waals surface area contributed by atoms with E-state index in [0.717, 1.165) is 78.0 Å². The lowest BCUT2D eigenvalue weighted by atomic mass is 9.61. The van der Waals surface area contributed by atoms with Gasteiger partial charge in [0.05, 0.1) is 23.9 Å². The Kier molecular flexibility index (Phi) is 18.7. The highest BCUT2D eigenvalue weighted by Crippen LogP contribution is 2.47. The Labute approximate surface area is 301 Å². The lowest BCUT2D eigenvalue weighted by Crippen LogP contribution is -2.47. The van der Waals surface area contributed by atoms with Gasteiger partial charge in [0.25, 0.3) is 0 Å². The molecule has 0 radical (unpaired) electrons. The third-order valence-corrected chi connectivity index (χ3v) is 11.1. The van der Waals surface area contributed by atoms with E-state index in [1.54, 1.807) is 0 Å². The Morgan fingerprint density at radius 2 is 1.10 bits per heavy atom. The smallest absolute Gasteiger partial charge is 0.314 e. The summed E-state index contributed by atoms with van der Waals surface area (Å²) in [5, 5.41) is 21.9. The highest BCUT2D eigenvalue weighted by Gasteiger charge is 2.48. The molecule has 5 unspecified atom stereocenters. The molecule has 1 fully saturated rings. The van der Waals surface area contributed by atoms with Crippen molar-refractivity contribution >= 4 is 11.9 Å². The molecule has 0 bridgehead atoms. The highest BCUT2D eigenvalue weighted by atomic mass is 16.6. The lowest BCUT2D eigenvalue weighted by molar-refractivity contribution is -0.191. The van der Waals surface area contributed by atoms with E-state index in [0.29, 0.717) is 12.3 Å². The largest absolute Gasteiger partial charge is 0.434 e. The van der Waals surface area contributed by atoms with E-state index in [4.69, 9.17) is 9.47 Å². The molecule has 1 heterocycles. The molecule has 0 aromatic heterocycles. The molecule has 0 spiro atoms. The third-order valence-electron chi connectivity index (χ3n) is 11.1. The number of β-amino-alcohol motifs (C(OH)–C–C–N with tert-alkyl or cyclic N) is 2. The summed E-state index contributed by atoms with van der Waals surface area (Å²) in [7, 11) is 4.20. The van der Waals surface area contributed by atoms with Gasteiger partial charge in [-0.2, -0.15) is 0 Å². The normalized spacial score (nSPS) is 22.4. The van der Waals surface area contributed by atoms with E-state index in [1.807, 2.05) is 13.8 Å². The first kappa shape index (κ1) is 45.7. The Hall–Kier alpha value is -1.30. The molecule has 10 nitrogen and oxygen atoms in total. The topological polar surface area (TPSA) is 106 Å². The van der Waals surface area contributed by atoms with E-state index in [-0.39, 0.29) is 41.8 Å². The Morgan fingerprint density at radius 1 is 0.673 bits per heavy atom. The highest BCUT2D eigenvalue weighted by molar-refractivity contribution is 5.77. The number of likely N-dealkylation sites (N-methyl/N-ethyl adjacent to an activating group) is 2. The van der Waals surface area contributed by atoms with E-state index >= 15 is 0 Å². The minimum absolute atomic E-state index is 0.0662. The van der Waals surface area contributed by atoms with Crippen LogP contribution in [-0.4, -0.2) is 134 Å². The van der Waals surface area contributed by atoms with Gasteiger partial charge in [-0.1, -0.05) is 75.7 Å². The molecule has 0 aromatic rings. The van der Waals surface area contributed by atoms with Crippen molar-refractivity contribution in [2.24, 2.45) is 33.5 Å². The first-order valence-corrected chi connectivity index (χ1v) is 19.0. The molecule has 10 heteroatoms. The molecule has 49 heavy (non-hydrogen) atoms. The number of nitrogens with zero attached hydrogens (tertiary/aromatic N) is 4. The van der Waals surface area contributed by atoms with Crippen molar-refractivity contribution in [1.29, 1.82) is 0 Å². The maximum absolute atomic E-state index is 13.5. The second-order valence-electron chi connectivity index (χ2n) is 18.2. The number of ether oxygens (including phenoxy) is 2. The molecule has 0 saturated carbocycles. The Bertz CT molecular complexity index is 982. The van der Waals surface area contributed by atoms with Gasteiger partial charge >= 0.3 is 11.9 Å². The first-order valence-electron chi connectivity index (χ1n) is 19.0. The number of rotatable bonds is 13. The van der Waals surface area contributed by atoms with Gasteiger partial charge < -0.3 is 29.5 Å². The molecule has 1 rings (SSSR count). The van der Waals surface area contributed by atoms with Crippen LogP contribution in [0.15, 0.2) is 0 Å². The van der Waals surface area contributed by atoms with Crippen molar-refractivity contribution in [2.75, 3.05) is 79.5 Å². The average molecular weight is 699 g/mol. The fraction of sp³-hybridized carbons (Fsp3) is 0.949. The van der Waals surface area contributed by atoms with Gasteiger partial charge in [0.1, 0.15) is 0 Å². The number of carbonyl (C=O) groups is 2. The van der Waals surface area contributed by atoms with Crippen LogP contribution in [0.2, 0.25) is 0 Å². The summed E-state index contributed by atoms with van der Waals surface area (Å²) < 4.78 is 11.5. The summed E-state index contributed by atoms with van der Waals surface area (Å²) in [4.78, 5) is 35.8. The van der Waals surface area contributed by atoms with Crippen LogP contribution in [-0.2, 0) is 19.1 Å². The quantitative estimate of drug-likeness (QED) is 0.188. The summed E-state index contributed by atoms with van der Waals surface area (Å²) in [6, 6.07) is 0. The second kappa shape index (κ2) is 20.1. The zero-order valence-corrected chi connectivity index (χ0v) is 34.2. The number of hydrogen-bond donors (Lipinski definition) is 2. The summed E-state index contributed by atoms with van der Waals surface area (Å²) in [6.07, 6.45) is 1.83. The Balaban J connectivity index is 2.84. The molecule has 5 atom stereocenters. The molecule has 1 saturated heterocycles. The fourth-order valence-corrected chi connectivity index (χ4v) is 6.72. The van der Waals surface area contributed by atoms with Crippen molar-refractivity contribution < 1.29 is 29.3 Å². The van der Waals surface area contributed by atoms with Crippen LogP contribution in [0.4, 0.5) is 0 Å². The molecule has 2 N–H and O–H groups in total. The van der Waals surface area contributed by atoms with Crippen LogP contribution in [0.1, 0.15) is 115 Å². The average Bonchev–Trinajstić information content (AvgIpc) is 2.96. The minimum Gasteiger partial charge on any atom is -0.434 e. The van der Waals surface area contributed by atoms with Crippen molar-refractivity contribution in [2.45, 2.75) is 128 Å². The first-order chi connectivity index (χ1) is 22.4. The van der Waals surface area contributed by atoms with Crippen LogP contribution >= 0.6 is 0 Å². The predicted octanol–water partition coefficient (Wildman–Crippen LogP) is 5.56. The summed E-state index contributed by atoms with van der Waals surface area (Å²) in [5.41, 5.74) is -1.76. The van der Waals surface area contributed by atoms with E-state index < -0.39 is 23.4 Å². The second-order valence-corrected chi connectivity index (χ2v) is 18.2. The van der Waals surface area contributed by atoms with Crippen LogP contribution in [0.5, 0.6) is 0 Å². The maximum atomic E-state index is 13.5. The number of aliphatic hydroxyl groups excluding tert-OH is 2. The summed E-state index contributed by atoms with van der Waals surface area (Å²) in [5.74, 6) is -0.148. The van der Waals surface area contributed by atoms with Crippen LogP contribution in [0.25, 0.3) is 0 Å². The molecule has 0 aliphatic carbocycles. The number of esters is 2. The van der Waals surface area contributed by atoms with E-state index in [9.17, 15) is 19.8 Å². The number of carbonyl (C=O) groups excluding carboxylic acids is 2. The van der Waals surface area contributed by atoms with Crippen LogP contribution in [0, 0.1) is 33.5 Å². The van der Waals surface area contributed by atoms with Crippen molar-refractivity contribution in [3.8, 4) is 0 Å². The standard InChI is InChI=1S/C39H78N4O6/c1-15-31(4)26-38(11,30(2)3)34(46)48-32(44)27-42-20-16-18-41(14)23-25-43(21-17-19-40(13)22-24-42)28-33(45)49-35(47)39(12,37(8,9)10)29-36(5,6)7/h30-33,44-45H,15-29H2,1-14H3. The zero-order chi connectivity index (χ0) is 37.8. The summed E-state index contributed by atoms with van der Waals surface area (Å²) >= 11 is 0. The van der Waals surface area contributed by atoms with Gasteiger partial charge in [-0.25, -0.2) is 0 Å². The summed E-state index contributed by atoms with van der Waals surface area (Å²) in [6.45, 7) is 31.9. The van der Waals surface area contributed by atoms with Crippen molar-refractivity contribution in [3.05, 3.63) is 0 Å². The van der Waals surface area contributed by atoms with E-state index in [1.165, 1.54) is 0 Å².